The molecule has 0 aliphatic carbocycles. The Hall–Kier alpha value is -0.0800. The van der Waals surface area contributed by atoms with Crippen molar-refractivity contribution < 1.29 is 4.74 Å². The Bertz CT molecular complexity index is 90.5. The van der Waals surface area contributed by atoms with E-state index in [2.05, 4.69) is 13.8 Å². The van der Waals surface area contributed by atoms with Gasteiger partial charge in [0.2, 0.25) is 0 Å². The Morgan fingerprint density at radius 2 is 2.25 bits per heavy atom. The first-order valence-electron chi connectivity index (χ1n) is 3.00. The highest BCUT2D eigenvalue weighted by molar-refractivity contribution is 4.82. The SMILES string of the molecule is CC1(C)C[C@H](N)CO1. The largest absolute Gasteiger partial charge is 0.374 e. The van der Waals surface area contributed by atoms with Gasteiger partial charge in [0.15, 0.2) is 0 Å². The molecule has 0 spiro atoms. The lowest BCUT2D eigenvalue weighted by Crippen LogP contribution is -2.22. The van der Waals surface area contributed by atoms with Crippen LogP contribution in [0.1, 0.15) is 20.3 Å². The number of ether oxygens (including phenoxy) is 1. The van der Waals surface area contributed by atoms with Crippen LogP contribution in [0.15, 0.2) is 0 Å². The molecule has 2 nitrogen and oxygen atoms in total. The number of nitrogens with two attached hydrogens (primary N) is 1. The molecule has 1 aliphatic rings. The van der Waals surface area contributed by atoms with Crippen LogP contribution in [0.5, 0.6) is 0 Å². The summed E-state index contributed by atoms with van der Waals surface area (Å²) in [5.74, 6) is 0. The van der Waals surface area contributed by atoms with Crippen molar-refractivity contribution in [3.8, 4) is 0 Å². The van der Waals surface area contributed by atoms with Gasteiger partial charge in [-0.15, -0.1) is 0 Å². The molecule has 48 valence electrons. The van der Waals surface area contributed by atoms with Gasteiger partial charge in [-0.3, -0.25) is 0 Å². The van der Waals surface area contributed by atoms with Crippen LogP contribution in [0, 0.1) is 0 Å². The van der Waals surface area contributed by atoms with E-state index in [0.29, 0.717) is 0 Å². The van der Waals surface area contributed by atoms with Crippen LogP contribution in [0.3, 0.4) is 0 Å². The molecule has 0 aromatic heterocycles. The Morgan fingerprint density at radius 1 is 1.62 bits per heavy atom. The minimum Gasteiger partial charge on any atom is -0.374 e. The summed E-state index contributed by atoms with van der Waals surface area (Å²) in [7, 11) is 0. The van der Waals surface area contributed by atoms with E-state index in [1.807, 2.05) is 0 Å². The van der Waals surface area contributed by atoms with Crippen molar-refractivity contribution >= 4 is 0 Å². The predicted molar refractivity (Wildman–Crippen MR) is 32.6 cm³/mol. The molecule has 8 heavy (non-hydrogen) atoms. The Kier molecular flexibility index (Phi) is 1.29. The lowest BCUT2D eigenvalue weighted by molar-refractivity contribution is 0.0361. The quantitative estimate of drug-likeness (QED) is 0.499. The van der Waals surface area contributed by atoms with E-state index in [9.17, 15) is 0 Å². The fourth-order valence-corrected chi connectivity index (χ4v) is 1.08. The highest BCUT2D eigenvalue weighted by Gasteiger charge is 2.29. The highest BCUT2D eigenvalue weighted by atomic mass is 16.5. The maximum atomic E-state index is 5.59. The molecule has 0 amide bonds. The van der Waals surface area contributed by atoms with Gasteiger partial charge in [-0.1, -0.05) is 0 Å². The summed E-state index contributed by atoms with van der Waals surface area (Å²) in [5, 5.41) is 0. The van der Waals surface area contributed by atoms with E-state index in [4.69, 9.17) is 10.5 Å². The highest BCUT2D eigenvalue weighted by Crippen LogP contribution is 2.22. The molecule has 1 saturated heterocycles. The lowest BCUT2D eigenvalue weighted by atomic mass is 10.0. The van der Waals surface area contributed by atoms with E-state index in [-0.39, 0.29) is 11.6 Å². The standard InChI is InChI=1S/C6H13NO/c1-6(2)3-5(7)4-8-6/h5H,3-4,7H2,1-2H3/t5-/m0/s1. The predicted octanol–water partition coefficient (Wildman–Crippen LogP) is 0.513. The summed E-state index contributed by atoms with van der Waals surface area (Å²) < 4.78 is 5.33. The molecule has 0 saturated carbocycles. The second-order valence-electron chi connectivity index (χ2n) is 3.03. The average Bonchev–Trinajstić information content (AvgIpc) is 1.82. The van der Waals surface area contributed by atoms with Crippen LogP contribution in [0.4, 0.5) is 0 Å². The van der Waals surface area contributed by atoms with Crippen LogP contribution in [-0.2, 0) is 4.74 Å². The molecule has 0 aromatic rings. The average molecular weight is 115 g/mol. The van der Waals surface area contributed by atoms with E-state index < -0.39 is 0 Å². The zero-order valence-corrected chi connectivity index (χ0v) is 5.48. The fraction of sp³-hybridized carbons (Fsp3) is 1.00. The summed E-state index contributed by atoms with van der Waals surface area (Å²) in [6.07, 6.45) is 0.993. The molecule has 2 heteroatoms. The van der Waals surface area contributed by atoms with Crippen molar-refractivity contribution in [2.24, 2.45) is 5.73 Å². The summed E-state index contributed by atoms with van der Waals surface area (Å²) >= 11 is 0. The summed E-state index contributed by atoms with van der Waals surface area (Å²) in [6.45, 7) is 4.87. The molecule has 0 radical (unpaired) electrons. The van der Waals surface area contributed by atoms with Crippen molar-refractivity contribution in [1.29, 1.82) is 0 Å². The van der Waals surface area contributed by atoms with E-state index >= 15 is 0 Å². The van der Waals surface area contributed by atoms with E-state index in [0.717, 1.165) is 13.0 Å². The first kappa shape index (κ1) is 6.05. The molecule has 1 aliphatic heterocycles. The molecule has 0 aromatic carbocycles. The fourth-order valence-electron chi connectivity index (χ4n) is 1.08. The number of hydrogen-bond acceptors (Lipinski definition) is 2. The first-order chi connectivity index (χ1) is 3.60. The van der Waals surface area contributed by atoms with Crippen molar-refractivity contribution in [2.45, 2.75) is 31.9 Å². The van der Waals surface area contributed by atoms with Crippen molar-refractivity contribution in [2.75, 3.05) is 6.61 Å². The van der Waals surface area contributed by atoms with Crippen LogP contribution >= 0.6 is 0 Å². The molecule has 1 rings (SSSR count). The van der Waals surface area contributed by atoms with Gasteiger partial charge in [-0.2, -0.15) is 0 Å². The first-order valence-corrected chi connectivity index (χ1v) is 3.00. The van der Waals surface area contributed by atoms with Crippen LogP contribution in [0.25, 0.3) is 0 Å². The molecule has 1 heterocycles. The normalized spacial score (nSPS) is 35.6. The van der Waals surface area contributed by atoms with Gasteiger partial charge in [-0.25, -0.2) is 0 Å². The third-order valence-corrected chi connectivity index (χ3v) is 1.44. The van der Waals surface area contributed by atoms with Gasteiger partial charge < -0.3 is 10.5 Å². The Morgan fingerprint density at radius 3 is 2.38 bits per heavy atom. The Labute approximate surface area is 50.0 Å². The summed E-state index contributed by atoms with van der Waals surface area (Å²) in [6, 6.07) is 0.269. The number of hydrogen-bond donors (Lipinski definition) is 1. The second kappa shape index (κ2) is 1.71. The Balaban J connectivity index is 2.44. The van der Waals surface area contributed by atoms with Gasteiger partial charge in [-0.05, 0) is 20.3 Å². The number of rotatable bonds is 0. The van der Waals surface area contributed by atoms with Crippen LogP contribution in [0.2, 0.25) is 0 Å². The van der Waals surface area contributed by atoms with Crippen molar-refractivity contribution in [3.05, 3.63) is 0 Å². The maximum absolute atomic E-state index is 5.59. The van der Waals surface area contributed by atoms with Gasteiger partial charge >= 0.3 is 0 Å². The topological polar surface area (TPSA) is 35.2 Å². The summed E-state index contributed by atoms with van der Waals surface area (Å²) in [5.41, 5.74) is 5.63. The van der Waals surface area contributed by atoms with E-state index in [1.54, 1.807) is 0 Å². The molecule has 0 unspecified atom stereocenters. The third kappa shape index (κ3) is 1.20. The monoisotopic (exact) mass is 115 g/mol. The molecule has 1 atom stereocenters. The van der Waals surface area contributed by atoms with Crippen LogP contribution < -0.4 is 5.73 Å². The molecule has 0 bridgehead atoms. The van der Waals surface area contributed by atoms with E-state index in [1.165, 1.54) is 0 Å². The minimum atomic E-state index is 0.0411. The maximum Gasteiger partial charge on any atom is 0.0642 e. The molecular formula is C6H13NO. The molecular weight excluding hydrogens is 102 g/mol. The van der Waals surface area contributed by atoms with Gasteiger partial charge in [0.05, 0.1) is 12.2 Å². The minimum absolute atomic E-state index is 0.0411. The smallest absolute Gasteiger partial charge is 0.0642 e. The summed E-state index contributed by atoms with van der Waals surface area (Å²) in [4.78, 5) is 0. The third-order valence-electron chi connectivity index (χ3n) is 1.44. The van der Waals surface area contributed by atoms with Crippen molar-refractivity contribution in [3.63, 3.8) is 0 Å². The molecule has 2 N–H and O–H groups in total. The van der Waals surface area contributed by atoms with Gasteiger partial charge in [0.1, 0.15) is 0 Å². The molecule has 1 fully saturated rings. The van der Waals surface area contributed by atoms with Crippen LogP contribution in [-0.4, -0.2) is 18.2 Å². The van der Waals surface area contributed by atoms with Gasteiger partial charge in [0.25, 0.3) is 0 Å². The lowest BCUT2D eigenvalue weighted by Gasteiger charge is -2.14. The zero-order valence-electron chi connectivity index (χ0n) is 5.48. The second-order valence-corrected chi connectivity index (χ2v) is 3.03. The zero-order chi connectivity index (χ0) is 6.20. The van der Waals surface area contributed by atoms with Crippen molar-refractivity contribution in [1.82, 2.24) is 0 Å². The van der Waals surface area contributed by atoms with Gasteiger partial charge in [0, 0.05) is 6.04 Å².